The maximum atomic E-state index is 12.5. The molecule has 0 saturated heterocycles. The molecule has 0 aromatic heterocycles. The van der Waals surface area contributed by atoms with Crippen LogP contribution < -0.4 is 10.0 Å². The molecular formula is C21H20N2O3S. The minimum atomic E-state index is -3.54. The molecule has 0 bridgehead atoms. The summed E-state index contributed by atoms with van der Waals surface area (Å²) in [5.74, 6) is -0.184. The second-order valence-electron chi connectivity index (χ2n) is 6.79. The Kier molecular flexibility index (Phi) is 4.68. The molecule has 138 valence electrons. The van der Waals surface area contributed by atoms with Crippen LogP contribution in [0.15, 0.2) is 71.6 Å². The van der Waals surface area contributed by atoms with Crippen molar-refractivity contribution >= 4 is 32.4 Å². The monoisotopic (exact) mass is 380 g/mol. The fourth-order valence-electron chi connectivity index (χ4n) is 3.05. The van der Waals surface area contributed by atoms with Gasteiger partial charge >= 0.3 is 0 Å². The molecule has 27 heavy (non-hydrogen) atoms. The molecule has 1 fully saturated rings. The lowest BCUT2D eigenvalue weighted by molar-refractivity contribution is -0.115. The number of nitrogens with one attached hydrogen (secondary N) is 2. The van der Waals surface area contributed by atoms with Crippen LogP contribution in [-0.4, -0.2) is 20.4 Å². The number of rotatable bonds is 6. The van der Waals surface area contributed by atoms with E-state index in [9.17, 15) is 13.2 Å². The molecule has 0 atom stereocenters. The van der Waals surface area contributed by atoms with Gasteiger partial charge in [-0.25, -0.2) is 13.1 Å². The summed E-state index contributed by atoms with van der Waals surface area (Å²) in [4.78, 5) is 12.7. The largest absolute Gasteiger partial charge is 0.326 e. The van der Waals surface area contributed by atoms with Crippen molar-refractivity contribution in [1.29, 1.82) is 0 Å². The number of anilines is 1. The molecule has 0 aliphatic heterocycles. The van der Waals surface area contributed by atoms with Gasteiger partial charge in [-0.2, -0.15) is 0 Å². The van der Waals surface area contributed by atoms with Gasteiger partial charge in [0.1, 0.15) is 0 Å². The molecule has 1 amide bonds. The molecular weight excluding hydrogens is 360 g/mol. The first-order valence-electron chi connectivity index (χ1n) is 8.90. The Bertz CT molecular complexity index is 1100. The molecule has 3 aromatic rings. The predicted molar refractivity (Wildman–Crippen MR) is 106 cm³/mol. The first kappa shape index (κ1) is 17.7. The third-order valence-corrected chi connectivity index (χ3v) is 6.08. The van der Waals surface area contributed by atoms with Gasteiger partial charge in [-0.3, -0.25) is 4.79 Å². The summed E-state index contributed by atoms with van der Waals surface area (Å²) in [6.45, 7) is 0. The smallest absolute Gasteiger partial charge is 0.240 e. The van der Waals surface area contributed by atoms with Gasteiger partial charge in [0.15, 0.2) is 0 Å². The van der Waals surface area contributed by atoms with Crippen molar-refractivity contribution in [2.45, 2.75) is 30.2 Å². The number of fused-ring (bicyclic) bond motifs is 1. The number of hydrogen-bond acceptors (Lipinski definition) is 3. The number of sulfonamides is 1. The molecule has 2 N–H and O–H groups in total. The summed E-state index contributed by atoms with van der Waals surface area (Å²) in [5.41, 5.74) is 1.41. The zero-order chi connectivity index (χ0) is 18.9. The summed E-state index contributed by atoms with van der Waals surface area (Å²) < 4.78 is 27.3. The fourth-order valence-corrected chi connectivity index (χ4v) is 4.40. The first-order valence-corrected chi connectivity index (χ1v) is 10.4. The molecule has 6 heteroatoms. The van der Waals surface area contributed by atoms with Crippen molar-refractivity contribution in [3.05, 3.63) is 72.3 Å². The first-order chi connectivity index (χ1) is 13.0. The van der Waals surface area contributed by atoms with Crippen LogP contribution in [0.4, 0.5) is 5.69 Å². The number of carbonyl (C=O) groups excluding carboxylic acids is 1. The standard InChI is InChI=1S/C21H20N2O3S/c24-21(13-16-7-3-6-15-5-1-2-10-20(15)16)22-18-8-4-9-19(14-18)27(25,26)23-17-11-12-17/h1-10,14,17,23H,11-13H2,(H,22,24). The molecule has 0 unspecified atom stereocenters. The lowest BCUT2D eigenvalue weighted by Crippen LogP contribution is -2.25. The predicted octanol–water partition coefficient (Wildman–Crippen LogP) is 3.46. The summed E-state index contributed by atoms with van der Waals surface area (Å²) in [5, 5.41) is 4.93. The zero-order valence-corrected chi connectivity index (χ0v) is 15.5. The average molecular weight is 380 g/mol. The molecule has 1 aliphatic carbocycles. The van der Waals surface area contributed by atoms with Gasteiger partial charge in [0, 0.05) is 11.7 Å². The number of hydrogen-bond donors (Lipinski definition) is 2. The Hall–Kier alpha value is -2.70. The van der Waals surface area contributed by atoms with E-state index in [1.807, 2.05) is 42.5 Å². The SMILES string of the molecule is O=C(Cc1cccc2ccccc12)Nc1cccc(S(=O)(=O)NC2CC2)c1. The van der Waals surface area contributed by atoms with Gasteiger partial charge in [0.25, 0.3) is 0 Å². The van der Waals surface area contributed by atoms with Gasteiger partial charge < -0.3 is 5.32 Å². The normalized spacial score (nSPS) is 14.2. The number of amides is 1. The maximum Gasteiger partial charge on any atom is 0.240 e. The van der Waals surface area contributed by atoms with E-state index in [2.05, 4.69) is 10.0 Å². The second kappa shape index (κ2) is 7.13. The Labute approximate surface area is 158 Å². The van der Waals surface area contributed by atoms with E-state index in [-0.39, 0.29) is 23.3 Å². The van der Waals surface area contributed by atoms with Gasteiger partial charge in [0.2, 0.25) is 15.9 Å². The molecule has 3 aromatic carbocycles. The quantitative estimate of drug-likeness (QED) is 0.688. The van der Waals surface area contributed by atoms with Crippen molar-refractivity contribution in [3.8, 4) is 0 Å². The lowest BCUT2D eigenvalue weighted by Gasteiger charge is -2.10. The van der Waals surface area contributed by atoms with Gasteiger partial charge in [-0.15, -0.1) is 0 Å². The van der Waals surface area contributed by atoms with Crippen molar-refractivity contribution in [3.63, 3.8) is 0 Å². The van der Waals surface area contributed by atoms with Gasteiger partial charge in [0.05, 0.1) is 11.3 Å². The van der Waals surface area contributed by atoms with Gasteiger partial charge in [-0.05, 0) is 47.4 Å². The zero-order valence-electron chi connectivity index (χ0n) is 14.7. The Morgan fingerprint density at radius 2 is 1.70 bits per heavy atom. The van der Waals surface area contributed by atoms with E-state index >= 15 is 0 Å². The minimum absolute atomic E-state index is 0.0413. The highest BCUT2D eigenvalue weighted by Crippen LogP contribution is 2.24. The van der Waals surface area contributed by atoms with Crippen LogP contribution in [0.1, 0.15) is 18.4 Å². The van der Waals surface area contributed by atoms with Crippen LogP contribution >= 0.6 is 0 Å². The maximum absolute atomic E-state index is 12.5. The average Bonchev–Trinajstić information content (AvgIpc) is 3.45. The Morgan fingerprint density at radius 1 is 0.963 bits per heavy atom. The number of benzene rings is 3. The highest BCUT2D eigenvalue weighted by Gasteiger charge is 2.28. The van der Waals surface area contributed by atoms with Crippen LogP contribution in [0, 0.1) is 0 Å². The summed E-state index contributed by atoms with van der Waals surface area (Å²) >= 11 is 0. The van der Waals surface area contributed by atoms with Crippen LogP contribution in [0.5, 0.6) is 0 Å². The van der Waals surface area contributed by atoms with E-state index in [0.29, 0.717) is 5.69 Å². The highest BCUT2D eigenvalue weighted by molar-refractivity contribution is 7.89. The van der Waals surface area contributed by atoms with E-state index < -0.39 is 10.0 Å². The molecule has 0 spiro atoms. The highest BCUT2D eigenvalue weighted by atomic mass is 32.2. The van der Waals surface area contributed by atoms with Crippen LogP contribution in [0.25, 0.3) is 10.8 Å². The van der Waals surface area contributed by atoms with E-state index in [4.69, 9.17) is 0 Å². The van der Waals surface area contributed by atoms with Crippen molar-refractivity contribution in [2.75, 3.05) is 5.32 Å². The van der Waals surface area contributed by atoms with Crippen molar-refractivity contribution in [2.24, 2.45) is 0 Å². The second-order valence-corrected chi connectivity index (χ2v) is 8.50. The Balaban J connectivity index is 1.50. The van der Waals surface area contributed by atoms with Gasteiger partial charge in [-0.1, -0.05) is 48.5 Å². The molecule has 0 radical (unpaired) electrons. The van der Waals surface area contributed by atoms with Crippen LogP contribution in [0.2, 0.25) is 0 Å². The summed E-state index contributed by atoms with van der Waals surface area (Å²) in [6, 6.07) is 20.2. The van der Waals surface area contributed by atoms with Crippen LogP contribution in [-0.2, 0) is 21.2 Å². The van der Waals surface area contributed by atoms with Crippen molar-refractivity contribution in [1.82, 2.24) is 4.72 Å². The molecule has 4 rings (SSSR count). The third-order valence-electron chi connectivity index (χ3n) is 4.56. The molecule has 5 nitrogen and oxygen atoms in total. The summed E-state index contributed by atoms with van der Waals surface area (Å²) in [7, 11) is -3.54. The van der Waals surface area contributed by atoms with E-state index in [0.717, 1.165) is 29.2 Å². The van der Waals surface area contributed by atoms with Crippen molar-refractivity contribution < 1.29 is 13.2 Å². The topological polar surface area (TPSA) is 75.3 Å². The van der Waals surface area contributed by atoms with Crippen LogP contribution in [0.3, 0.4) is 0 Å². The van der Waals surface area contributed by atoms with E-state index in [1.165, 1.54) is 12.1 Å². The molecule has 1 saturated carbocycles. The fraction of sp³-hybridized carbons (Fsp3) is 0.190. The molecule has 0 heterocycles. The summed E-state index contributed by atoms with van der Waals surface area (Å²) in [6.07, 6.45) is 1.97. The number of carbonyl (C=O) groups is 1. The third kappa shape index (κ3) is 4.18. The minimum Gasteiger partial charge on any atom is -0.326 e. The molecule has 1 aliphatic rings. The van der Waals surface area contributed by atoms with E-state index in [1.54, 1.807) is 12.1 Å². The lowest BCUT2D eigenvalue weighted by atomic mass is 10.0. The Morgan fingerprint density at radius 3 is 2.52 bits per heavy atom.